The molecule has 0 radical (unpaired) electrons. The predicted molar refractivity (Wildman–Crippen MR) is 127 cm³/mol. The highest BCUT2D eigenvalue weighted by molar-refractivity contribution is 5.92. The van der Waals surface area contributed by atoms with Gasteiger partial charge in [-0.05, 0) is 31.5 Å². The molecule has 0 spiro atoms. The Morgan fingerprint density at radius 1 is 0.921 bits per heavy atom. The first kappa shape index (κ1) is 25.9. The lowest BCUT2D eigenvalue weighted by Crippen LogP contribution is -2.27. The number of aromatic carboxylic acids is 1. The second kappa shape index (κ2) is 9.69. The van der Waals surface area contributed by atoms with Gasteiger partial charge in [0.25, 0.3) is 0 Å². The topological polar surface area (TPSA) is 226 Å². The van der Waals surface area contributed by atoms with Crippen LogP contribution in [0.1, 0.15) is 46.0 Å². The minimum atomic E-state index is -1.57. The van der Waals surface area contributed by atoms with Crippen molar-refractivity contribution in [1.29, 1.82) is 0 Å². The van der Waals surface area contributed by atoms with Gasteiger partial charge < -0.3 is 55.6 Å². The smallest absolute Gasteiger partial charge is 0.412 e. The number of carboxylic acids is 1. The fourth-order valence-electron chi connectivity index (χ4n) is 4.40. The van der Waals surface area contributed by atoms with Gasteiger partial charge >= 0.3 is 12.1 Å². The summed E-state index contributed by atoms with van der Waals surface area (Å²) in [5.41, 5.74) is -0.845. The number of hydrogen-bond acceptors (Lipinski definition) is 11. The van der Waals surface area contributed by atoms with Gasteiger partial charge in [-0.1, -0.05) is 0 Å². The summed E-state index contributed by atoms with van der Waals surface area (Å²) in [6.07, 6.45) is -2.48. The highest BCUT2D eigenvalue weighted by atomic mass is 16.6. The predicted octanol–water partition coefficient (Wildman–Crippen LogP) is 2.89. The molecule has 9 N–H and O–H groups in total. The molecule has 13 nitrogen and oxygen atoms in total. The van der Waals surface area contributed by atoms with Crippen molar-refractivity contribution < 1.29 is 59.9 Å². The van der Waals surface area contributed by atoms with Crippen molar-refractivity contribution >= 4 is 12.1 Å². The number of nitrogens with one attached hydrogen (secondary N) is 1. The molecular formula is C25H23NO12. The standard InChI is InChI=1S/C25H23NO12/c1-2-26-25(36)38-23-16(30)3-9(4-17(23)31)22-12(7-11-14(28)5-10(27)6-18(11)37-22)19-13(24(34)35)8-15(29)20(32)21(19)33/h3-6,8,12,22,27-33H,2,7H2,1H3,(H,26,36)(H,34,35)/t12?,22-/m0/s1. The summed E-state index contributed by atoms with van der Waals surface area (Å²) < 4.78 is 10.9. The molecule has 0 saturated heterocycles. The maximum Gasteiger partial charge on any atom is 0.412 e. The summed E-state index contributed by atoms with van der Waals surface area (Å²) in [7, 11) is 0. The van der Waals surface area contributed by atoms with Crippen LogP contribution in [0.2, 0.25) is 0 Å². The SMILES string of the molecule is CCNC(=O)Oc1c(O)cc([C@@H]2Oc3cc(O)cc(O)c3CC2c2c(C(=O)O)cc(O)c(O)c2O)cc1O. The van der Waals surface area contributed by atoms with Crippen molar-refractivity contribution in [2.45, 2.75) is 25.4 Å². The lowest BCUT2D eigenvalue weighted by molar-refractivity contribution is 0.0690. The normalized spacial score (nSPS) is 16.2. The highest BCUT2D eigenvalue weighted by Crippen LogP contribution is 2.54. The number of hydrogen-bond donors (Lipinski definition) is 9. The number of carbonyl (C=O) groups is 2. The van der Waals surface area contributed by atoms with Crippen LogP contribution in [0.5, 0.6) is 51.7 Å². The maximum absolute atomic E-state index is 12.0. The number of phenols is 7. The van der Waals surface area contributed by atoms with Crippen LogP contribution in [-0.2, 0) is 6.42 Å². The molecule has 13 heteroatoms. The molecule has 0 saturated carbocycles. The lowest BCUT2D eigenvalue weighted by atomic mass is 9.79. The first-order valence-corrected chi connectivity index (χ1v) is 11.2. The minimum absolute atomic E-state index is 0.00466. The number of benzene rings is 3. The van der Waals surface area contributed by atoms with E-state index in [0.717, 1.165) is 24.3 Å². The molecule has 0 fully saturated rings. The van der Waals surface area contributed by atoms with Gasteiger partial charge in [0.05, 0.1) is 5.56 Å². The average Bonchev–Trinajstić information content (AvgIpc) is 2.84. The van der Waals surface area contributed by atoms with Gasteiger partial charge in [0, 0.05) is 41.3 Å². The number of aromatic hydroxyl groups is 7. The Balaban J connectivity index is 1.92. The Kier molecular flexibility index (Phi) is 6.60. The van der Waals surface area contributed by atoms with E-state index in [2.05, 4.69) is 5.32 Å². The van der Waals surface area contributed by atoms with Gasteiger partial charge in [0.2, 0.25) is 11.5 Å². The van der Waals surface area contributed by atoms with Crippen LogP contribution in [0, 0.1) is 0 Å². The van der Waals surface area contributed by atoms with E-state index in [-0.39, 0.29) is 41.2 Å². The molecule has 38 heavy (non-hydrogen) atoms. The summed E-state index contributed by atoms with van der Waals surface area (Å²) in [5, 5.41) is 84.2. The largest absolute Gasteiger partial charge is 0.508 e. The third-order valence-corrected chi connectivity index (χ3v) is 6.02. The van der Waals surface area contributed by atoms with E-state index < -0.39 is 69.9 Å². The number of rotatable bonds is 5. The molecule has 0 aliphatic carbocycles. The van der Waals surface area contributed by atoms with Crippen molar-refractivity contribution in [2.75, 3.05) is 6.54 Å². The summed E-state index contributed by atoms with van der Waals surface area (Å²) in [5.74, 6) is -8.36. The summed E-state index contributed by atoms with van der Waals surface area (Å²) >= 11 is 0. The number of amides is 1. The summed E-state index contributed by atoms with van der Waals surface area (Å²) in [6.45, 7) is 1.84. The summed E-state index contributed by atoms with van der Waals surface area (Å²) in [4.78, 5) is 23.8. The van der Waals surface area contributed by atoms with E-state index in [1.54, 1.807) is 6.92 Å². The third-order valence-electron chi connectivity index (χ3n) is 6.02. The van der Waals surface area contributed by atoms with Crippen LogP contribution in [0.25, 0.3) is 0 Å². The highest BCUT2D eigenvalue weighted by Gasteiger charge is 2.40. The van der Waals surface area contributed by atoms with Crippen LogP contribution in [-0.4, -0.2) is 59.5 Å². The van der Waals surface area contributed by atoms with E-state index in [0.29, 0.717) is 0 Å². The second-order valence-corrected chi connectivity index (χ2v) is 8.46. The molecule has 1 aliphatic heterocycles. The molecule has 3 aromatic rings. The molecule has 1 heterocycles. The summed E-state index contributed by atoms with van der Waals surface area (Å²) in [6, 6.07) is 5.07. The fraction of sp³-hybridized carbons (Fsp3) is 0.200. The zero-order valence-corrected chi connectivity index (χ0v) is 19.7. The average molecular weight is 529 g/mol. The zero-order valence-electron chi connectivity index (χ0n) is 19.7. The van der Waals surface area contributed by atoms with E-state index in [1.165, 1.54) is 6.07 Å². The van der Waals surface area contributed by atoms with E-state index in [1.807, 2.05) is 0 Å². The number of fused-ring (bicyclic) bond motifs is 1. The van der Waals surface area contributed by atoms with Crippen molar-refractivity contribution in [1.82, 2.24) is 5.32 Å². The van der Waals surface area contributed by atoms with Gasteiger partial charge in [0.1, 0.15) is 23.4 Å². The number of phenolic OH excluding ortho intramolecular Hbond substituents is 7. The molecule has 200 valence electrons. The van der Waals surface area contributed by atoms with Gasteiger partial charge in [-0.3, -0.25) is 0 Å². The lowest BCUT2D eigenvalue weighted by Gasteiger charge is -2.35. The Morgan fingerprint density at radius 3 is 2.18 bits per heavy atom. The van der Waals surface area contributed by atoms with Crippen LogP contribution < -0.4 is 14.8 Å². The first-order valence-electron chi connectivity index (χ1n) is 11.2. The molecule has 1 amide bonds. The third kappa shape index (κ3) is 4.52. The van der Waals surface area contributed by atoms with Crippen LogP contribution >= 0.6 is 0 Å². The van der Waals surface area contributed by atoms with E-state index >= 15 is 0 Å². The van der Waals surface area contributed by atoms with Crippen molar-refractivity contribution in [3.8, 4) is 51.7 Å². The molecular weight excluding hydrogens is 506 g/mol. The van der Waals surface area contributed by atoms with Gasteiger partial charge in [0.15, 0.2) is 23.0 Å². The Hall–Kier alpha value is -5.20. The Bertz CT molecular complexity index is 1430. The van der Waals surface area contributed by atoms with E-state index in [9.17, 15) is 50.4 Å². The molecule has 0 bridgehead atoms. The molecule has 1 unspecified atom stereocenters. The number of ether oxygens (including phenoxy) is 2. The molecule has 3 aromatic carbocycles. The van der Waals surface area contributed by atoms with Crippen LogP contribution in [0.15, 0.2) is 30.3 Å². The van der Waals surface area contributed by atoms with Gasteiger partial charge in [-0.25, -0.2) is 9.59 Å². The molecule has 4 rings (SSSR count). The monoisotopic (exact) mass is 529 g/mol. The maximum atomic E-state index is 12.0. The fourth-order valence-corrected chi connectivity index (χ4v) is 4.40. The van der Waals surface area contributed by atoms with Crippen LogP contribution in [0.4, 0.5) is 4.79 Å². The zero-order chi connectivity index (χ0) is 27.9. The van der Waals surface area contributed by atoms with Crippen molar-refractivity contribution in [3.05, 3.63) is 52.6 Å². The molecule has 1 aliphatic rings. The van der Waals surface area contributed by atoms with Gasteiger partial charge in [-0.15, -0.1) is 0 Å². The van der Waals surface area contributed by atoms with Crippen molar-refractivity contribution in [3.63, 3.8) is 0 Å². The van der Waals surface area contributed by atoms with Gasteiger partial charge in [-0.2, -0.15) is 0 Å². The Labute approximate surface area is 214 Å². The van der Waals surface area contributed by atoms with Crippen LogP contribution in [0.3, 0.4) is 0 Å². The molecule has 2 atom stereocenters. The van der Waals surface area contributed by atoms with E-state index in [4.69, 9.17) is 9.47 Å². The first-order chi connectivity index (χ1) is 17.9. The number of carbonyl (C=O) groups excluding carboxylic acids is 1. The van der Waals surface area contributed by atoms with Crippen molar-refractivity contribution in [2.24, 2.45) is 0 Å². The second-order valence-electron chi connectivity index (χ2n) is 8.46. The Morgan fingerprint density at radius 2 is 1.58 bits per heavy atom. The number of carboxylic acid groups (broad SMARTS) is 1. The molecule has 0 aromatic heterocycles. The minimum Gasteiger partial charge on any atom is -0.508 e. The quantitative estimate of drug-likeness (QED) is 0.217.